The van der Waals surface area contributed by atoms with Gasteiger partial charge in [0.05, 0.1) is 5.69 Å². The summed E-state index contributed by atoms with van der Waals surface area (Å²) >= 11 is 0. The van der Waals surface area contributed by atoms with Gasteiger partial charge in [0, 0.05) is 5.92 Å². The van der Waals surface area contributed by atoms with Crippen LogP contribution < -0.4 is 10.5 Å². The smallest absolute Gasteiger partial charge is 0.264 e. The fraction of sp³-hybridized carbons (Fsp3) is 0.467. The van der Waals surface area contributed by atoms with Gasteiger partial charge in [-0.05, 0) is 25.0 Å². The quantitative estimate of drug-likeness (QED) is 0.865. The van der Waals surface area contributed by atoms with Crippen molar-refractivity contribution in [2.75, 3.05) is 5.73 Å². The van der Waals surface area contributed by atoms with E-state index in [0.29, 0.717) is 23.2 Å². The van der Waals surface area contributed by atoms with Gasteiger partial charge in [0.15, 0.2) is 12.4 Å². The van der Waals surface area contributed by atoms with Crippen molar-refractivity contribution < 1.29 is 9.26 Å². The van der Waals surface area contributed by atoms with Crippen molar-refractivity contribution >= 4 is 5.69 Å². The molecule has 20 heavy (non-hydrogen) atoms. The van der Waals surface area contributed by atoms with E-state index in [4.69, 9.17) is 15.0 Å². The number of aromatic nitrogens is 2. The van der Waals surface area contributed by atoms with Gasteiger partial charge in [-0.15, -0.1) is 0 Å². The van der Waals surface area contributed by atoms with E-state index in [-0.39, 0.29) is 6.61 Å². The molecule has 5 nitrogen and oxygen atoms in total. The Hall–Kier alpha value is -2.04. The van der Waals surface area contributed by atoms with Crippen LogP contribution in [-0.2, 0) is 6.61 Å². The van der Waals surface area contributed by atoms with Gasteiger partial charge in [0.25, 0.3) is 5.89 Å². The normalized spacial score (nSPS) is 16.2. The Labute approximate surface area is 118 Å². The number of ether oxygens (including phenoxy) is 1. The SMILES string of the molecule is Nc1ccccc1OCc1nc(C2CCCCC2)no1. The summed E-state index contributed by atoms with van der Waals surface area (Å²) < 4.78 is 10.9. The lowest BCUT2D eigenvalue weighted by Crippen LogP contribution is -2.06. The predicted molar refractivity (Wildman–Crippen MR) is 75.3 cm³/mol. The van der Waals surface area contributed by atoms with Crippen LogP contribution in [0.1, 0.15) is 49.7 Å². The minimum atomic E-state index is 0.258. The van der Waals surface area contributed by atoms with Gasteiger partial charge in [-0.25, -0.2) is 0 Å². The predicted octanol–water partition coefficient (Wildman–Crippen LogP) is 3.28. The topological polar surface area (TPSA) is 74.2 Å². The zero-order chi connectivity index (χ0) is 13.8. The third-order valence-electron chi connectivity index (χ3n) is 3.72. The molecule has 0 radical (unpaired) electrons. The second kappa shape index (κ2) is 5.94. The molecule has 0 unspecified atom stereocenters. The van der Waals surface area contributed by atoms with Gasteiger partial charge in [-0.3, -0.25) is 0 Å². The molecule has 0 spiro atoms. The third-order valence-corrected chi connectivity index (χ3v) is 3.72. The van der Waals surface area contributed by atoms with Crippen LogP contribution in [0.5, 0.6) is 5.75 Å². The lowest BCUT2D eigenvalue weighted by Gasteiger charge is -2.17. The number of anilines is 1. The molecule has 1 aliphatic rings. The summed E-state index contributed by atoms with van der Waals surface area (Å²) in [7, 11) is 0. The number of nitrogens with two attached hydrogens (primary N) is 1. The first-order chi connectivity index (χ1) is 9.83. The Kier molecular flexibility index (Phi) is 3.85. The molecule has 3 rings (SSSR count). The van der Waals surface area contributed by atoms with Gasteiger partial charge < -0.3 is 15.0 Å². The van der Waals surface area contributed by atoms with Gasteiger partial charge in [0.2, 0.25) is 0 Å². The van der Waals surface area contributed by atoms with Gasteiger partial charge in [-0.1, -0.05) is 36.6 Å². The Morgan fingerprint density at radius 2 is 2.00 bits per heavy atom. The second-order valence-electron chi connectivity index (χ2n) is 5.21. The van der Waals surface area contributed by atoms with Crippen molar-refractivity contribution in [1.29, 1.82) is 0 Å². The molecule has 0 amide bonds. The molecule has 0 saturated heterocycles. The Bertz CT molecular complexity index is 562. The molecule has 0 aliphatic heterocycles. The molecule has 2 N–H and O–H groups in total. The Morgan fingerprint density at radius 1 is 1.20 bits per heavy atom. The molecule has 0 atom stereocenters. The highest BCUT2D eigenvalue weighted by Crippen LogP contribution is 2.31. The van der Waals surface area contributed by atoms with Crippen molar-refractivity contribution in [3.8, 4) is 5.75 Å². The summed E-state index contributed by atoms with van der Waals surface area (Å²) in [6.45, 7) is 0.258. The maximum atomic E-state index is 5.82. The van der Waals surface area contributed by atoms with Crippen LogP contribution >= 0.6 is 0 Å². The average Bonchev–Trinajstić information content (AvgIpc) is 2.96. The summed E-state index contributed by atoms with van der Waals surface area (Å²) in [5.74, 6) is 2.42. The molecule has 0 bridgehead atoms. The van der Waals surface area contributed by atoms with Crippen LogP contribution in [0.25, 0.3) is 0 Å². The van der Waals surface area contributed by atoms with E-state index < -0.39 is 0 Å². The van der Waals surface area contributed by atoms with E-state index in [1.165, 1.54) is 19.3 Å². The lowest BCUT2D eigenvalue weighted by atomic mass is 9.89. The Morgan fingerprint density at radius 3 is 2.80 bits per heavy atom. The van der Waals surface area contributed by atoms with E-state index in [9.17, 15) is 0 Å². The standard InChI is InChI=1S/C15H19N3O2/c16-12-8-4-5-9-13(12)19-10-14-17-15(18-20-14)11-6-2-1-3-7-11/h4-5,8-9,11H,1-3,6-7,10,16H2. The first kappa shape index (κ1) is 13.0. The van der Waals surface area contributed by atoms with Crippen molar-refractivity contribution in [2.24, 2.45) is 0 Å². The summed E-state index contributed by atoms with van der Waals surface area (Å²) in [6.07, 6.45) is 6.14. The highest BCUT2D eigenvalue weighted by atomic mass is 16.5. The number of nitrogen functional groups attached to an aromatic ring is 1. The molecular weight excluding hydrogens is 254 g/mol. The number of para-hydroxylation sites is 2. The van der Waals surface area contributed by atoms with Crippen LogP contribution in [0, 0.1) is 0 Å². The van der Waals surface area contributed by atoms with Crippen LogP contribution in [-0.4, -0.2) is 10.1 Å². The van der Waals surface area contributed by atoms with E-state index in [1.54, 1.807) is 6.07 Å². The molecule has 2 aromatic rings. The number of rotatable bonds is 4. The van der Waals surface area contributed by atoms with Crippen LogP contribution in [0.15, 0.2) is 28.8 Å². The van der Waals surface area contributed by atoms with Crippen molar-refractivity contribution in [3.05, 3.63) is 36.0 Å². The van der Waals surface area contributed by atoms with Gasteiger partial charge >= 0.3 is 0 Å². The van der Waals surface area contributed by atoms with Crippen molar-refractivity contribution in [1.82, 2.24) is 10.1 Å². The van der Waals surface area contributed by atoms with E-state index in [2.05, 4.69) is 10.1 Å². The molecule has 1 aromatic carbocycles. The van der Waals surface area contributed by atoms with Crippen LogP contribution in [0.2, 0.25) is 0 Å². The van der Waals surface area contributed by atoms with E-state index >= 15 is 0 Å². The highest BCUT2D eigenvalue weighted by molar-refractivity contribution is 5.51. The van der Waals surface area contributed by atoms with E-state index in [1.807, 2.05) is 18.2 Å². The molecule has 1 heterocycles. The fourth-order valence-corrected chi connectivity index (χ4v) is 2.60. The zero-order valence-electron chi connectivity index (χ0n) is 11.4. The summed E-state index contributed by atoms with van der Waals surface area (Å²) in [4.78, 5) is 4.44. The highest BCUT2D eigenvalue weighted by Gasteiger charge is 2.21. The molecule has 1 aromatic heterocycles. The summed E-state index contributed by atoms with van der Waals surface area (Å²) in [5.41, 5.74) is 6.43. The maximum absolute atomic E-state index is 5.82. The average molecular weight is 273 g/mol. The molecule has 1 aliphatic carbocycles. The lowest BCUT2D eigenvalue weighted by molar-refractivity contribution is 0.243. The van der Waals surface area contributed by atoms with Crippen LogP contribution in [0.3, 0.4) is 0 Å². The first-order valence-electron chi connectivity index (χ1n) is 7.13. The Balaban J connectivity index is 1.61. The first-order valence-corrected chi connectivity index (χ1v) is 7.13. The second-order valence-corrected chi connectivity index (χ2v) is 5.21. The minimum absolute atomic E-state index is 0.258. The van der Waals surface area contributed by atoms with Crippen molar-refractivity contribution in [2.45, 2.75) is 44.6 Å². The maximum Gasteiger partial charge on any atom is 0.264 e. The molecule has 5 heteroatoms. The van der Waals surface area contributed by atoms with Gasteiger partial charge in [0.1, 0.15) is 5.75 Å². The number of hydrogen-bond donors (Lipinski definition) is 1. The van der Waals surface area contributed by atoms with Crippen LogP contribution in [0.4, 0.5) is 5.69 Å². The summed E-state index contributed by atoms with van der Waals surface area (Å²) in [6, 6.07) is 7.38. The van der Waals surface area contributed by atoms with Gasteiger partial charge in [-0.2, -0.15) is 4.98 Å². The minimum Gasteiger partial charge on any atom is -0.482 e. The van der Waals surface area contributed by atoms with Crippen molar-refractivity contribution in [3.63, 3.8) is 0 Å². The monoisotopic (exact) mass is 273 g/mol. The molecule has 1 saturated carbocycles. The third kappa shape index (κ3) is 2.92. The molecule has 1 fully saturated rings. The number of nitrogens with zero attached hydrogens (tertiary/aromatic N) is 2. The van der Waals surface area contributed by atoms with E-state index in [0.717, 1.165) is 18.7 Å². The molecular formula is C15H19N3O2. The summed E-state index contributed by atoms with van der Waals surface area (Å²) in [5, 5.41) is 4.08. The largest absolute Gasteiger partial charge is 0.482 e. The number of benzene rings is 1. The molecule has 106 valence electrons. The zero-order valence-corrected chi connectivity index (χ0v) is 11.4. The number of hydrogen-bond acceptors (Lipinski definition) is 5. The fourth-order valence-electron chi connectivity index (χ4n) is 2.60.